The molecule has 2 aliphatic rings. The summed E-state index contributed by atoms with van der Waals surface area (Å²) in [6, 6.07) is 9.45. The van der Waals surface area contributed by atoms with Gasteiger partial charge in [0.1, 0.15) is 11.8 Å². The molecule has 1 aromatic heterocycles. The highest BCUT2D eigenvalue weighted by atomic mass is 16.5. The largest absolute Gasteiger partial charge is 0.496 e. The van der Waals surface area contributed by atoms with Crippen molar-refractivity contribution in [1.29, 1.82) is 0 Å². The number of rotatable bonds is 11. The lowest BCUT2D eigenvalue weighted by atomic mass is 9.83. The van der Waals surface area contributed by atoms with E-state index in [9.17, 15) is 14.4 Å². The minimum absolute atomic E-state index is 0.0707. The monoisotopic (exact) mass is 535 g/mol. The Morgan fingerprint density at radius 1 is 1.13 bits per heavy atom. The number of carbonyl (C=O) groups is 3. The minimum Gasteiger partial charge on any atom is -0.496 e. The third kappa shape index (κ3) is 7.42. The maximum atomic E-state index is 13.6. The zero-order chi connectivity index (χ0) is 27.8. The molecular formula is C30H41N5O4. The van der Waals surface area contributed by atoms with Gasteiger partial charge in [-0.2, -0.15) is 0 Å². The number of nitrogens with one attached hydrogen (secondary N) is 2. The molecule has 9 nitrogen and oxygen atoms in total. The Balaban J connectivity index is 1.47. The Labute approximate surface area is 230 Å². The van der Waals surface area contributed by atoms with Gasteiger partial charge in [0.2, 0.25) is 11.8 Å². The number of aromatic nitrogens is 1. The van der Waals surface area contributed by atoms with Crippen molar-refractivity contribution in [3.8, 4) is 5.75 Å². The van der Waals surface area contributed by atoms with Gasteiger partial charge < -0.3 is 26.0 Å². The molecule has 2 saturated heterocycles. The number of methoxy groups -OCH3 is 1. The zero-order valence-electron chi connectivity index (χ0n) is 23.0. The molecule has 0 bridgehead atoms. The van der Waals surface area contributed by atoms with E-state index in [4.69, 9.17) is 10.5 Å². The molecule has 4 atom stereocenters. The van der Waals surface area contributed by atoms with Crippen molar-refractivity contribution < 1.29 is 19.1 Å². The van der Waals surface area contributed by atoms with Gasteiger partial charge in [-0.3, -0.25) is 19.4 Å². The molecule has 2 fully saturated rings. The van der Waals surface area contributed by atoms with Crippen LogP contribution in [0.25, 0.3) is 0 Å². The molecule has 0 saturated carbocycles. The number of carbonyl (C=O) groups excluding carboxylic acids is 3. The Morgan fingerprint density at radius 3 is 2.54 bits per heavy atom. The molecule has 1 aromatic carbocycles. The number of amides is 2. The third-order valence-electron chi connectivity index (χ3n) is 8.22. The number of nitrogens with zero attached hydrogens (tertiary/aromatic N) is 2. The van der Waals surface area contributed by atoms with Crippen molar-refractivity contribution in [1.82, 2.24) is 20.5 Å². The van der Waals surface area contributed by atoms with E-state index in [0.717, 1.165) is 37.1 Å². The number of hydrogen-bond acceptors (Lipinski definition) is 7. The summed E-state index contributed by atoms with van der Waals surface area (Å²) in [6.45, 7) is 3.93. The van der Waals surface area contributed by atoms with Gasteiger partial charge in [0, 0.05) is 37.0 Å². The lowest BCUT2D eigenvalue weighted by Crippen LogP contribution is -2.50. The first-order valence-corrected chi connectivity index (χ1v) is 14.0. The highest BCUT2D eigenvalue weighted by molar-refractivity contribution is 5.92. The summed E-state index contributed by atoms with van der Waals surface area (Å²) in [5.74, 6) is 0.821. The van der Waals surface area contributed by atoms with Crippen LogP contribution in [0.2, 0.25) is 0 Å². The normalized spacial score (nSPS) is 21.3. The van der Waals surface area contributed by atoms with Crippen LogP contribution in [-0.2, 0) is 20.8 Å². The highest BCUT2D eigenvalue weighted by Crippen LogP contribution is 2.35. The molecule has 4 rings (SSSR count). The number of aryl methyl sites for hydroxylation is 1. The van der Waals surface area contributed by atoms with Gasteiger partial charge >= 0.3 is 0 Å². The molecule has 0 aliphatic carbocycles. The average molecular weight is 536 g/mol. The van der Waals surface area contributed by atoms with Crippen molar-refractivity contribution in [2.45, 2.75) is 63.6 Å². The van der Waals surface area contributed by atoms with E-state index in [-0.39, 0.29) is 29.9 Å². The molecule has 4 N–H and O–H groups in total. The highest BCUT2D eigenvalue weighted by Gasteiger charge is 2.43. The van der Waals surface area contributed by atoms with Gasteiger partial charge in [0.15, 0.2) is 5.78 Å². The first-order valence-electron chi connectivity index (χ1n) is 14.0. The first kappa shape index (κ1) is 28.7. The number of pyridine rings is 1. The average Bonchev–Trinajstić information content (AvgIpc) is 3.42. The van der Waals surface area contributed by atoms with Crippen LogP contribution in [0.5, 0.6) is 5.75 Å². The molecule has 2 amide bonds. The summed E-state index contributed by atoms with van der Waals surface area (Å²) >= 11 is 0. The van der Waals surface area contributed by atoms with Crippen molar-refractivity contribution >= 4 is 17.6 Å². The Bertz CT molecular complexity index is 1120. The molecule has 2 aromatic rings. The van der Waals surface area contributed by atoms with Crippen LogP contribution in [0.3, 0.4) is 0 Å². The molecule has 0 radical (unpaired) electrons. The summed E-state index contributed by atoms with van der Waals surface area (Å²) in [6.07, 6.45) is 7.30. The summed E-state index contributed by atoms with van der Waals surface area (Å²) in [4.78, 5) is 45.5. The second kappa shape index (κ2) is 13.7. The lowest BCUT2D eigenvalue weighted by molar-refractivity contribution is -0.139. The van der Waals surface area contributed by atoms with Crippen LogP contribution in [0, 0.1) is 11.8 Å². The van der Waals surface area contributed by atoms with E-state index in [0.29, 0.717) is 37.5 Å². The van der Waals surface area contributed by atoms with Gasteiger partial charge in [-0.05, 0) is 87.7 Å². The fraction of sp³-hybridized carbons (Fsp3) is 0.533. The second-order valence-corrected chi connectivity index (χ2v) is 10.8. The van der Waals surface area contributed by atoms with Crippen LogP contribution in [-0.4, -0.2) is 66.3 Å². The lowest BCUT2D eigenvalue weighted by Gasteiger charge is -2.28. The van der Waals surface area contributed by atoms with Crippen LogP contribution in [0.4, 0.5) is 0 Å². The molecule has 210 valence electrons. The number of ether oxygens (including phenoxy) is 1. The number of hydrogen-bond donors (Lipinski definition) is 3. The number of benzene rings is 1. The number of likely N-dealkylation sites (tertiary alicyclic amines) is 1. The smallest absolute Gasteiger partial charge is 0.243 e. The number of ketones is 1. The Hall–Kier alpha value is -3.30. The Kier molecular flexibility index (Phi) is 10.1. The van der Waals surface area contributed by atoms with E-state index in [1.165, 1.54) is 6.92 Å². The predicted octanol–water partition coefficient (Wildman–Crippen LogP) is 2.40. The number of Topliss-reactive ketones (excluding diaryl/α,β-unsaturated/α-hetero) is 1. The fourth-order valence-electron chi connectivity index (χ4n) is 5.94. The van der Waals surface area contributed by atoms with Gasteiger partial charge in [-0.15, -0.1) is 0 Å². The molecule has 9 heteroatoms. The van der Waals surface area contributed by atoms with Crippen molar-refractivity contribution in [3.05, 3.63) is 59.9 Å². The van der Waals surface area contributed by atoms with E-state index in [1.54, 1.807) is 24.4 Å². The molecule has 1 unspecified atom stereocenters. The second-order valence-electron chi connectivity index (χ2n) is 10.8. The predicted molar refractivity (Wildman–Crippen MR) is 149 cm³/mol. The molecule has 2 aliphatic heterocycles. The van der Waals surface area contributed by atoms with E-state index < -0.39 is 18.1 Å². The van der Waals surface area contributed by atoms with Crippen molar-refractivity contribution in [2.75, 3.05) is 26.7 Å². The fourth-order valence-corrected chi connectivity index (χ4v) is 5.94. The van der Waals surface area contributed by atoms with Gasteiger partial charge in [0.25, 0.3) is 0 Å². The van der Waals surface area contributed by atoms with Crippen molar-refractivity contribution in [3.63, 3.8) is 0 Å². The van der Waals surface area contributed by atoms with Crippen LogP contribution in [0.15, 0.2) is 48.8 Å². The molecule has 39 heavy (non-hydrogen) atoms. The van der Waals surface area contributed by atoms with E-state index in [1.807, 2.05) is 36.4 Å². The molecule has 3 heterocycles. The van der Waals surface area contributed by atoms with Crippen LogP contribution < -0.4 is 21.1 Å². The zero-order valence-corrected chi connectivity index (χ0v) is 23.0. The minimum atomic E-state index is -0.620. The topological polar surface area (TPSA) is 127 Å². The number of piperidine rings is 1. The molecular weight excluding hydrogens is 494 g/mol. The summed E-state index contributed by atoms with van der Waals surface area (Å²) in [5.41, 5.74) is 8.28. The first-order chi connectivity index (χ1) is 18.9. The SMILES string of the molecule is COc1ccccc1[C@@H](N)CC(=O)N1CC(C2CCNCC2)C[C@H]1C(=O)N[C@@H](CCc1ccncc1)C(C)=O. The van der Waals surface area contributed by atoms with Gasteiger partial charge in [-0.1, -0.05) is 18.2 Å². The summed E-state index contributed by atoms with van der Waals surface area (Å²) in [7, 11) is 1.58. The third-order valence-corrected chi connectivity index (χ3v) is 8.22. The van der Waals surface area contributed by atoms with E-state index in [2.05, 4.69) is 15.6 Å². The van der Waals surface area contributed by atoms with Crippen LogP contribution >= 0.6 is 0 Å². The molecule has 0 spiro atoms. The standard InChI is InChI=1S/C30H41N5O4/c1-20(36)26(8-7-21-9-13-32-14-10-21)34-30(38)27-17-23(22-11-15-33-16-12-22)19-35(27)29(37)18-25(31)24-5-3-4-6-28(24)39-2/h3-6,9-10,13-14,22-23,25-27,33H,7-8,11-12,15-19,31H2,1-2H3,(H,34,38)/t23?,25-,26-,27-/m0/s1. The summed E-state index contributed by atoms with van der Waals surface area (Å²) in [5, 5.41) is 6.38. The van der Waals surface area contributed by atoms with Crippen molar-refractivity contribution in [2.24, 2.45) is 17.6 Å². The van der Waals surface area contributed by atoms with E-state index >= 15 is 0 Å². The quantitative estimate of drug-likeness (QED) is 0.403. The maximum absolute atomic E-state index is 13.6. The number of nitrogens with two attached hydrogens (primary N) is 1. The summed E-state index contributed by atoms with van der Waals surface area (Å²) < 4.78 is 5.44. The Morgan fingerprint density at radius 2 is 1.85 bits per heavy atom. The number of para-hydroxylation sites is 1. The van der Waals surface area contributed by atoms with Gasteiger partial charge in [-0.25, -0.2) is 0 Å². The van der Waals surface area contributed by atoms with Crippen LogP contribution in [0.1, 0.15) is 56.2 Å². The van der Waals surface area contributed by atoms with Gasteiger partial charge in [0.05, 0.1) is 13.2 Å². The maximum Gasteiger partial charge on any atom is 0.243 e.